The molecule has 0 saturated heterocycles. The quantitative estimate of drug-likeness (QED) is 0.608. The fourth-order valence-electron chi connectivity index (χ4n) is 0.502. The van der Waals surface area contributed by atoms with E-state index >= 15 is 0 Å². The van der Waals surface area contributed by atoms with Gasteiger partial charge < -0.3 is 8.01 Å². The van der Waals surface area contributed by atoms with Crippen LogP contribution in [0.4, 0.5) is 0 Å². The molecule has 0 aromatic rings. The Hall–Kier alpha value is 0.790. The normalized spacial score (nSPS) is 14.1. The molecule has 0 fully saturated rings. The highest BCUT2D eigenvalue weighted by Crippen LogP contribution is 2.05. The predicted octanol–water partition coefficient (Wildman–Crippen LogP) is 1.96. The van der Waals surface area contributed by atoms with Gasteiger partial charge >= 0.3 is 0 Å². The zero-order chi connectivity index (χ0) is 7.28. The van der Waals surface area contributed by atoms with E-state index in [0.29, 0.717) is 0 Å². The fourth-order valence-corrected chi connectivity index (χ4v) is 1.67. The molecule has 9 heavy (non-hydrogen) atoms. The summed E-state index contributed by atoms with van der Waals surface area (Å²) in [4.78, 5) is 0. The first-order valence-corrected chi connectivity index (χ1v) is 6.47. The van der Waals surface area contributed by atoms with Crippen molar-refractivity contribution >= 4 is 30.4 Å². The smallest absolute Gasteiger partial charge is 0.0462 e. The van der Waals surface area contributed by atoms with Crippen LogP contribution in [0.2, 0.25) is 0 Å². The van der Waals surface area contributed by atoms with Crippen LogP contribution >= 0.6 is 0 Å². The molecule has 0 aromatic carbocycles. The first-order valence-electron chi connectivity index (χ1n) is 3.22. The molecule has 0 aliphatic heterocycles. The average Bonchev–Trinajstić information content (AvgIpc) is 1.83. The van der Waals surface area contributed by atoms with Gasteiger partial charge in [-0.3, -0.25) is 22.4 Å². The van der Waals surface area contributed by atoms with E-state index in [1.807, 2.05) is 0 Å². The summed E-state index contributed by atoms with van der Waals surface area (Å²) in [6, 6.07) is 0. The maximum absolute atomic E-state index is 4.89. The predicted molar refractivity (Wildman–Crippen MR) is 51.0 cm³/mol. The molecular formula is C6H13S3-. The molecule has 0 aliphatic carbocycles. The van der Waals surface area contributed by atoms with Crippen LogP contribution in [0.5, 0.6) is 0 Å². The molecule has 0 rings (SSSR count). The summed E-state index contributed by atoms with van der Waals surface area (Å²) >= 11 is 9.78. The minimum Gasteiger partial charge on any atom is -0.347 e. The van der Waals surface area contributed by atoms with Gasteiger partial charge in [0.1, 0.15) is 0 Å². The number of hydrogen-bond acceptors (Lipinski definition) is 3. The molecule has 3 heteroatoms. The third kappa shape index (κ3) is 6.68. The molecule has 56 valence electrons. The van der Waals surface area contributed by atoms with Crippen molar-refractivity contribution in [3.63, 3.8) is 0 Å². The zero-order valence-electron chi connectivity index (χ0n) is 5.92. The van der Waals surface area contributed by atoms with Crippen LogP contribution in [0.25, 0.3) is 0 Å². The second kappa shape index (κ2) is 5.57. The molecule has 0 spiro atoms. The van der Waals surface area contributed by atoms with Crippen LogP contribution in [-0.2, 0) is 30.4 Å². The van der Waals surface area contributed by atoms with Crippen LogP contribution in [0.1, 0.15) is 26.7 Å². The second-order valence-corrected chi connectivity index (χ2v) is 6.37. The van der Waals surface area contributed by atoms with E-state index in [0.717, 1.165) is 11.7 Å². The molecule has 0 amide bonds. The van der Waals surface area contributed by atoms with Crippen LogP contribution < -0.4 is 0 Å². The van der Waals surface area contributed by atoms with Gasteiger partial charge in [0.15, 0.2) is 0 Å². The van der Waals surface area contributed by atoms with Gasteiger partial charge in [-0.15, -0.1) is 5.75 Å². The topological polar surface area (TPSA) is 0 Å². The van der Waals surface area contributed by atoms with Crippen molar-refractivity contribution in [3.05, 3.63) is 0 Å². The lowest BCUT2D eigenvalue weighted by atomic mass is 10.1. The van der Waals surface area contributed by atoms with Crippen molar-refractivity contribution in [3.8, 4) is 0 Å². The highest BCUT2D eigenvalue weighted by atomic mass is 33.1. The summed E-state index contributed by atoms with van der Waals surface area (Å²) in [7, 11) is -0.171. The molecule has 0 bridgehead atoms. The van der Waals surface area contributed by atoms with Crippen LogP contribution in [-0.4, -0.2) is 5.75 Å². The Labute approximate surface area is 68.9 Å². The third-order valence-corrected chi connectivity index (χ3v) is 3.04. The molecule has 0 radical (unpaired) electrons. The van der Waals surface area contributed by atoms with Crippen LogP contribution in [0, 0.1) is 5.92 Å². The first-order chi connectivity index (χ1) is 4.16. The Balaban J connectivity index is 3.27. The van der Waals surface area contributed by atoms with Crippen molar-refractivity contribution in [1.29, 1.82) is 0 Å². The molecular weight excluding hydrogens is 168 g/mol. The second-order valence-electron chi connectivity index (χ2n) is 2.31. The fraction of sp³-hybridized carbons (Fsp3) is 1.00. The van der Waals surface area contributed by atoms with E-state index in [-0.39, 0.29) is 8.01 Å². The Morgan fingerprint density at radius 3 is 2.33 bits per heavy atom. The highest BCUT2D eigenvalue weighted by Gasteiger charge is 1.92. The Bertz CT molecular complexity index is 118. The van der Waals surface area contributed by atoms with Gasteiger partial charge in [0.2, 0.25) is 0 Å². The standard InChI is InChI=1S/C6H13S3/c1-3-6(2)4-5-9(7)8/h6H,3-5H2,1-2H3/q-1/t6-/m0/s1. The Kier molecular flexibility index (Phi) is 6.05. The lowest BCUT2D eigenvalue weighted by Crippen LogP contribution is -1.96. The van der Waals surface area contributed by atoms with Gasteiger partial charge in [0, 0.05) is 0 Å². The highest BCUT2D eigenvalue weighted by molar-refractivity contribution is 8.46. The third-order valence-electron chi connectivity index (χ3n) is 1.47. The van der Waals surface area contributed by atoms with Crippen molar-refractivity contribution in [2.45, 2.75) is 26.7 Å². The first kappa shape index (κ1) is 9.79. The van der Waals surface area contributed by atoms with Gasteiger partial charge in [-0.1, -0.05) is 26.7 Å². The van der Waals surface area contributed by atoms with E-state index in [4.69, 9.17) is 22.4 Å². The van der Waals surface area contributed by atoms with Crippen LogP contribution in [0.15, 0.2) is 0 Å². The van der Waals surface area contributed by atoms with Gasteiger partial charge in [-0.05, 0) is 5.92 Å². The summed E-state index contributed by atoms with van der Waals surface area (Å²) < 4.78 is 0. The van der Waals surface area contributed by atoms with Gasteiger partial charge in [0.05, 0.1) is 0 Å². The van der Waals surface area contributed by atoms with E-state index in [2.05, 4.69) is 13.8 Å². The monoisotopic (exact) mass is 181 g/mol. The molecule has 0 heterocycles. The maximum atomic E-state index is 4.89. The molecule has 0 N–H and O–H groups in total. The van der Waals surface area contributed by atoms with E-state index in [9.17, 15) is 0 Å². The minimum atomic E-state index is -0.171. The number of hydrogen-bond donors (Lipinski definition) is 0. The molecule has 0 nitrogen and oxygen atoms in total. The van der Waals surface area contributed by atoms with E-state index < -0.39 is 0 Å². The Morgan fingerprint density at radius 2 is 2.00 bits per heavy atom. The molecule has 0 unspecified atom stereocenters. The maximum Gasteiger partial charge on any atom is -0.0462 e. The molecule has 1 atom stereocenters. The van der Waals surface area contributed by atoms with Gasteiger partial charge in [-0.2, -0.15) is 0 Å². The largest absolute Gasteiger partial charge is 0.347 e. The van der Waals surface area contributed by atoms with Crippen LogP contribution in [0.3, 0.4) is 0 Å². The van der Waals surface area contributed by atoms with Crippen molar-refractivity contribution in [2.75, 3.05) is 5.75 Å². The summed E-state index contributed by atoms with van der Waals surface area (Å²) in [5.74, 6) is 1.87. The Morgan fingerprint density at radius 1 is 1.44 bits per heavy atom. The zero-order valence-corrected chi connectivity index (χ0v) is 8.37. The SMILES string of the molecule is CC[C@H](C)CC[S-](=S)=S. The molecule has 0 saturated carbocycles. The average molecular weight is 181 g/mol. The summed E-state index contributed by atoms with van der Waals surface area (Å²) in [5.41, 5.74) is 0. The molecule has 0 aliphatic rings. The number of rotatable bonds is 4. The van der Waals surface area contributed by atoms with Crippen molar-refractivity contribution < 1.29 is 0 Å². The van der Waals surface area contributed by atoms with E-state index in [1.165, 1.54) is 12.8 Å². The summed E-state index contributed by atoms with van der Waals surface area (Å²) in [5, 5.41) is 0. The van der Waals surface area contributed by atoms with Crippen molar-refractivity contribution in [2.24, 2.45) is 5.92 Å². The summed E-state index contributed by atoms with van der Waals surface area (Å²) in [6.45, 7) is 4.45. The lowest BCUT2D eigenvalue weighted by Gasteiger charge is -2.08. The molecule has 0 aromatic heterocycles. The summed E-state index contributed by atoms with van der Waals surface area (Å²) in [6.07, 6.45) is 2.47. The minimum absolute atomic E-state index is 0.171. The van der Waals surface area contributed by atoms with Gasteiger partial charge in [0.25, 0.3) is 0 Å². The van der Waals surface area contributed by atoms with E-state index in [1.54, 1.807) is 0 Å². The van der Waals surface area contributed by atoms with Gasteiger partial charge in [-0.25, -0.2) is 0 Å². The lowest BCUT2D eigenvalue weighted by molar-refractivity contribution is 0.549. The van der Waals surface area contributed by atoms with Crippen molar-refractivity contribution in [1.82, 2.24) is 0 Å².